The molecule has 0 heterocycles. The maximum Gasteiger partial charge on any atom is 0.368 e. The van der Waals surface area contributed by atoms with Crippen LogP contribution < -0.4 is 0 Å². The van der Waals surface area contributed by atoms with Crippen LogP contribution in [-0.2, 0) is 9.59 Å². The van der Waals surface area contributed by atoms with Gasteiger partial charge in [-0.3, -0.25) is 4.79 Å². The van der Waals surface area contributed by atoms with E-state index in [1.807, 2.05) is 0 Å². The smallest absolute Gasteiger partial charge is 0.368 e. The topological polar surface area (TPSA) is 54.4 Å². The monoisotopic (exact) mass is 75.0 g/mol. The van der Waals surface area contributed by atoms with Gasteiger partial charge in [-0.05, 0) is 0 Å². The van der Waals surface area contributed by atoms with E-state index >= 15 is 0 Å². The third-order valence-electron chi connectivity index (χ3n) is 0.0873. The lowest BCUT2D eigenvalue weighted by Crippen LogP contribution is -1.91. The summed E-state index contributed by atoms with van der Waals surface area (Å²) in [5, 5.41) is 7.45. The summed E-state index contributed by atoms with van der Waals surface area (Å²) in [5.41, 5.74) is 0. The first-order chi connectivity index (χ1) is 2.64. The van der Waals surface area contributed by atoms with Crippen molar-refractivity contribution in [2.24, 2.45) is 0 Å². The highest BCUT2D eigenvalue weighted by Gasteiger charge is 1.80. The molecule has 3 nitrogen and oxygen atoms in total. The molecule has 0 atom stereocenters. The first-order valence-electron chi connectivity index (χ1n) is 1.38. The Morgan fingerprint density at radius 3 is 2.40 bits per heavy atom. The summed E-state index contributed by atoms with van der Waals surface area (Å²) in [7, 11) is 0. The summed E-state index contributed by atoms with van der Waals surface area (Å²) in [4.78, 5) is 18.4. The molecule has 1 N–H and O–H groups in total. The Hall–Kier alpha value is -0.860. The molecule has 0 aliphatic carbocycles. The number of hydrogen-bond acceptors (Lipinski definition) is 2. The lowest BCUT2D eigenvalue weighted by Gasteiger charge is -1.59. The van der Waals surface area contributed by atoms with Crippen LogP contribution in [0.4, 0.5) is 0 Å². The van der Waals surface area contributed by atoms with Gasteiger partial charge in [0.1, 0.15) is 1.37 Å². The minimum absolute atomic E-state index is 1.57. The quantitative estimate of drug-likeness (QED) is 0.330. The SMILES string of the molecule is [2H]C(=O)C(=O)O. The van der Waals surface area contributed by atoms with Crippen molar-refractivity contribution in [2.45, 2.75) is 0 Å². The molecule has 0 bridgehead atoms. The molecule has 0 fully saturated rings. The van der Waals surface area contributed by atoms with Crippen LogP contribution in [0.5, 0.6) is 0 Å². The number of carbonyl (C=O) groups excluding carboxylic acids is 1. The molecular formula is C2H2O3. The molecule has 0 aromatic rings. The van der Waals surface area contributed by atoms with Gasteiger partial charge in [-0.15, -0.1) is 0 Å². The number of aliphatic carboxylic acids is 1. The Balaban J connectivity index is 3.57. The number of rotatable bonds is 1. The third-order valence-corrected chi connectivity index (χ3v) is 0.0873. The summed E-state index contributed by atoms with van der Waals surface area (Å²) in [6.07, 6.45) is -1.57. The fraction of sp³-hybridized carbons (Fsp3) is 0. The van der Waals surface area contributed by atoms with Crippen molar-refractivity contribution >= 4 is 12.2 Å². The van der Waals surface area contributed by atoms with Crippen LogP contribution in [0.15, 0.2) is 0 Å². The predicted molar refractivity (Wildman–Crippen MR) is 13.7 cm³/mol. The predicted octanol–water partition coefficient (Wildman–Crippen LogP) is -0.730. The van der Waals surface area contributed by atoms with Crippen LogP contribution in [0.2, 0.25) is 0 Å². The molecule has 0 aromatic carbocycles. The van der Waals surface area contributed by atoms with Gasteiger partial charge in [0.05, 0.1) is 0 Å². The van der Waals surface area contributed by atoms with Gasteiger partial charge in [0.2, 0.25) is 6.26 Å². The lowest BCUT2D eigenvalue weighted by atomic mass is 10.8. The van der Waals surface area contributed by atoms with Gasteiger partial charge in [-0.2, -0.15) is 0 Å². The molecule has 0 rings (SSSR count). The van der Waals surface area contributed by atoms with Gasteiger partial charge in [0, 0.05) is 0 Å². The Morgan fingerprint density at radius 1 is 2.20 bits per heavy atom. The van der Waals surface area contributed by atoms with E-state index in [1.54, 1.807) is 0 Å². The van der Waals surface area contributed by atoms with E-state index in [4.69, 9.17) is 11.3 Å². The van der Waals surface area contributed by atoms with Gasteiger partial charge in [-0.1, -0.05) is 0 Å². The van der Waals surface area contributed by atoms with E-state index in [9.17, 15) is 4.79 Å². The standard InChI is InChI=1S/C2H2O3/c3-1-2(4)5/h1H,(H,4,5)/i1D. The zero-order valence-corrected chi connectivity index (χ0v) is 2.26. The molecule has 0 spiro atoms. The van der Waals surface area contributed by atoms with Crippen molar-refractivity contribution in [3.63, 3.8) is 0 Å². The van der Waals surface area contributed by atoms with Gasteiger partial charge >= 0.3 is 5.97 Å². The van der Waals surface area contributed by atoms with Gasteiger partial charge < -0.3 is 5.11 Å². The Bertz CT molecular complexity index is 74.8. The van der Waals surface area contributed by atoms with Crippen LogP contribution in [0, 0.1) is 0 Å². The molecule has 0 saturated heterocycles. The molecule has 3 heteroatoms. The van der Waals surface area contributed by atoms with Crippen molar-refractivity contribution in [3.8, 4) is 0 Å². The van der Waals surface area contributed by atoms with Gasteiger partial charge in [0.15, 0.2) is 0 Å². The second kappa shape index (κ2) is 1.46. The second-order valence-electron chi connectivity index (χ2n) is 0.407. The normalized spacial score (nSPS) is 9.20. The Kier molecular flexibility index (Phi) is 0.695. The highest BCUT2D eigenvalue weighted by atomic mass is 16.4. The number of aldehydes is 1. The fourth-order valence-electron chi connectivity index (χ4n) is 0. The largest absolute Gasteiger partial charge is 0.476 e. The zero-order chi connectivity index (χ0) is 5.15. The van der Waals surface area contributed by atoms with E-state index < -0.39 is 12.2 Å². The molecular weight excluding hydrogens is 72.0 g/mol. The maximum absolute atomic E-state index is 9.21. The molecule has 28 valence electrons. The minimum atomic E-state index is -1.71. The summed E-state index contributed by atoms with van der Waals surface area (Å²) >= 11 is 0. The summed E-state index contributed by atoms with van der Waals surface area (Å²) < 4.78 is 5.79. The molecule has 5 heavy (non-hydrogen) atoms. The molecule has 0 unspecified atom stereocenters. The van der Waals surface area contributed by atoms with Gasteiger partial charge in [-0.25, -0.2) is 4.79 Å². The fourth-order valence-corrected chi connectivity index (χ4v) is 0. The van der Waals surface area contributed by atoms with Crippen LogP contribution in [-0.4, -0.2) is 17.3 Å². The number of carboxylic acids is 1. The minimum Gasteiger partial charge on any atom is -0.476 e. The van der Waals surface area contributed by atoms with Crippen molar-refractivity contribution in [3.05, 3.63) is 0 Å². The lowest BCUT2D eigenvalue weighted by molar-refractivity contribution is -0.143. The van der Waals surface area contributed by atoms with E-state index in [0.29, 0.717) is 0 Å². The third kappa shape index (κ3) is 3.14. The van der Waals surface area contributed by atoms with E-state index in [-0.39, 0.29) is 0 Å². The highest BCUT2D eigenvalue weighted by Crippen LogP contribution is 1.39. The molecule has 0 radical (unpaired) electrons. The average molecular weight is 75.0 g/mol. The average Bonchev–Trinajstić information content (AvgIpc) is 1.36. The van der Waals surface area contributed by atoms with Crippen LogP contribution >= 0.6 is 0 Å². The maximum atomic E-state index is 9.21. The summed E-state index contributed by atoms with van der Waals surface area (Å²) in [6, 6.07) is 0. The first-order valence-corrected chi connectivity index (χ1v) is 0.882. The molecule has 0 amide bonds. The number of carbonyl (C=O) groups is 2. The second-order valence-corrected chi connectivity index (χ2v) is 0.407. The first kappa shape index (κ1) is 2.38. The Labute approximate surface area is 29.6 Å². The van der Waals surface area contributed by atoms with Crippen LogP contribution in [0.3, 0.4) is 0 Å². The zero-order valence-electron chi connectivity index (χ0n) is 3.26. The molecule has 0 saturated carbocycles. The van der Waals surface area contributed by atoms with E-state index in [0.717, 1.165) is 0 Å². The summed E-state index contributed by atoms with van der Waals surface area (Å²) in [5.74, 6) is -1.71. The number of hydrogen-bond donors (Lipinski definition) is 1. The summed E-state index contributed by atoms with van der Waals surface area (Å²) in [6.45, 7) is 0. The van der Waals surface area contributed by atoms with Crippen molar-refractivity contribution in [2.75, 3.05) is 0 Å². The van der Waals surface area contributed by atoms with Crippen molar-refractivity contribution in [1.82, 2.24) is 0 Å². The van der Waals surface area contributed by atoms with Crippen molar-refractivity contribution < 1.29 is 16.1 Å². The van der Waals surface area contributed by atoms with Crippen molar-refractivity contribution in [1.29, 1.82) is 0 Å². The molecule has 0 aromatic heterocycles. The van der Waals surface area contributed by atoms with E-state index in [1.165, 1.54) is 0 Å². The van der Waals surface area contributed by atoms with E-state index in [2.05, 4.69) is 0 Å². The Morgan fingerprint density at radius 2 is 2.40 bits per heavy atom. The number of carboxylic acid groups (broad SMARTS) is 1. The highest BCUT2D eigenvalue weighted by molar-refractivity contribution is 6.19. The van der Waals surface area contributed by atoms with Gasteiger partial charge in [0.25, 0.3) is 0 Å². The van der Waals surface area contributed by atoms with Crippen LogP contribution in [0.1, 0.15) is 1.37 Å². The molecule has 0 aliphatic heterocycles. The van der Waals surface area contributed by atoms with Crippen LogP contribution in [0.25, 0.3) is 0 Å². The molecule has 0 aliphatic rings.